The van der Waals surface area contributed by atoms with E-state index in [1.165, 1.54) is 22.0 Å². The van der Waals surface area contributed by atoms with Crippen LogP contribution in [0.2, 0.25) is 0 Å². The summed E-state index contributed by atoms with van der Waals surface area (Å²) in [6.45, 7) is 1.94. The van der Waals surface area contributed by atoms with Gasteiger partial charge in [0.15, 0.2) is 0 Å². The van der Waals surface area contributed by atoms with Crippen LogP contribution >= 0.6 is 0 Å². The van der Waals surface area contributed by atoms with Gasteiger partial charge in [0.1, 0.15) is 10.7 Å². The summed E-state index contributed by atoms with van der Waals surface area (Å²) in [5.41, 5.74) is 2.42. The molecule has 150 valence electrons. The lowest BCUT2D eigenvalue weighted by Gasteiger charge is -2.17. The second-order valence-electron chi connectivity index (χ2n) is 6.98. The van der Waals surface area contributed by atoms with Crippen molar-refractivity contribution in [3.05, 3.63) is 64.5 Å². The Hall–Kier alpha value is -3.24. The van der Waals surface area contributed by atoms with Crippen molar-refractivity contribution < 1.29 is 8.42 Å². The number of rotatable bonds is 5. The average Bonchev–Trinajstić information content (AvgIpc) is 3.32. The van der Waals surface area contributed by atoms with Crippen LogP contribution in [-0.2, 0) is 23.6 Å². The molecule has 2 N–H and O–H groups in total. The molecule has 0 radical (unpaired) electrons. The predicted octanol–water partition coefficient (Wildman–Crippen LogP) is 1.78. The molecule has 0 aliphatic carbocycles. The molecule has 0 spiro atoms. The molecule has 0 aliphatic rings. The summed E-state index contributed by atoms with van der Waals surface area (Å²) in [4.78, 5) is 19.4. The van der Waals surface area contributed by atoms with E-state index in [-0.39, 0.29) is 17.0 Å². The van der Waals surface area contributed by atoms with Gasteiger partial charge < -0.3 is 9.55 Å². The van der Waals surface area contributed by atoms with Crippen LogP contribution in [0.15, 0.2) is 52.5 Å². The van der Waals surface area contributed by atoms with Gasteiger partial charge in [-0.3, -0.25) is 9.89 Å². The fourth-order valence-corrected chi connectivity index (χ4v) is 4.55. The standard InChI is InChI=1S/C19H20N6O3S/c1-12-6-14-9-21-23-18(14)16(7-12)29(27,28)25(3)11-15-10-20-19(22-15)13-4-5-24(2)17(26)8-13/h4-10H,11H2,1-3H3,(H,20,22)(H,21,23). The van der Waals surface area contributed by atoms with Crippen molar-refractivity contribution in [2.24, 2.45) is 7.05 Å². The highest BCUT2D eigenvalue weighted by atomic mass is 32.2. The van der Waals surface area contributed by atoms with Crippen LogP contribution < -0.4 is 5.56 Å². The second kappa shape index (κ2) is 6.98. The number of hydrogen-bond acceptors (Lipinski definition) is 5. The third-order valence-corrected chi connectivity index (χ3v) is 6.57. The minimum Gasteiger partial charge on any atom is -0.341 e. The highest BCUT2D eigenvalue weighted by molar-refractivity contribution is 7.89. The van der Waals surface area contributed by atoms with Crippen molar-refractivity contribution in [1.29, 1.82) is 0 Å². The van der Waals surface area contributed by atoms with Gasteiger partial charge in [0.05, 0.1) is 24.0 Å². The first kappa shape index (κ1) is 19.1. The molecule has 0 unspecified atom stereocenters. The molecular weight excluding hydrogens is 392 g/mol. The Morgan fingerprint density at radius 3 is 2.76 bits per heavy atom. The minimum atomic E-state index is -3.76. The zero-order valence-electron chi connectivity index (χ0n) is 16.2. The highest BCUT2D eigenvalue weighted by Crippen LogP contribution is 2.26. The van der Waals surface area contributed by atoms with Crippen molar-refractivity contribution >= 4 is 20.9 Å². The van der Waals surface area contributed by atoms with Crippen molar-refractivity contribution in [1.82, 2.24) is 29.0 Å². The number of sulfonamides is 1. The largest absolute Gasteiger partial charge is 0.341 e. The Kier molecular flexibility index (Phi) is 4.59. The number of nitrogens with zero attached hydrogens (tertiary/aromatic N) is 4. The molecular formula is C19H20N6O3S. The van der Waals surface area contributed by atoms with E-state index < -0.39 is 10.0 Å². The summed E-state index contributed by atoms with van der Waals surface area (Å²) in [6, 6.07) is 6.75. The Morgan fingerprint density at radius 2 is 2.00 bits per heavy atom. The normalized spacial score (nSPS) is 12.1. The van der Waals surface area contributed by atoms with E-state index in [1.54, 1.807) is 37.8 Å². The fraction of sp³-hybridized carbons (Fsp3) is 0.211. The molecule has 29 heavy (non-hydrogen) atoms. The Morgan fingerprint density at radius 1 is 1.21 bits per heavy atom. The summed E-state index contributed by atoms with van der Waals surface area (Å²) >= 11 is 0. The van der Waals surface area contributed by atoms with Gasteiger partial charge in [-0.2, -0.15) is 9.40 Å². The number of H-pyrrole nitrogens is 2. The van der Waals surface area contributed by atoms with Crippen LogP contribution in [-0.4, -0.2) is 44.5 Å². The van der Waals surface area contributed by atoms with E-state index in [9.17, 15) is 13.2 Å². The second-order valence-corrected chi connectivity index (χ2v) is 8.99. The molecule has 0 atom stereocenters. The van der Waals surface area contributed by atoms with E-state index in [4.69, 9.17) is 0 Å². The number of aromatic nitrogens is 5. The molecule has 9 nitrogen and oxygen atoms in total. The monoisotopic (exact) mass is 412 g/mol. The van der Waals surface area contributed by atoms with E-state index in [2.05, 4.69) is 20.2 Å². The zero-order valence-corrected chi connectivity index (χ0v) is 17.0. The predicted molar refractivity (Wildman–Crippen MR) is 109 cm³/mol. The topological polar surface area (TPSA) is 117 Å². The fourth-order valence-electron chi connectivity index (χ4n) is 3.15. The summed E-state index contributed by atoms with van der Waals surface area (Å²) < 4.78 is 29.0. The van der Waals surface area contributed by atoms with E-state index in [1.807, 2.05) is 13.0 Å². The van der Waals surface area contributed by atoms with Gasteiger partial charge in [-0.1, -0.05) is 0 Å². The van der Waals surface area contributed by atoms with Crippen LogP contribution in [0.1, 0.15) is 11.3 Å². The van der Waals surface area contributed by atoms with Crippen LogP contribution in [0.3, 0.4) is 0 Å². The number of aryl methyl sites for hydroxylation is 2. The number of imidazole rings is 1. The van der Waals surface area contributed by atoms with E-state index in [0.29, 0.717) is 22.6 Å². The zero-order chi connectivity index (χ0) is 20.8. The number of hydrogen-bond donors (Lipinski definition) is 2. The van der Waals surface area contributed by atoms with Crippen LogP contribution in [0.5, 0.6) is 0 Å². The summed E-state index contributed by atoms with van der Waals surface area (Å²) in [5, 5.41) is 7.47. The number of aromatic amines is 2. The smallest absolute Gasteiger partial charge is 0.250 e. The molecule has 4 aromatic rings. The van der Waals surface area contributed by atoms with Gasteiger partial charge in [0.2, 0.25) is 10.0 Å². The molecule has 10 heteroatoms. The minimum absolute atomic E-state index is 0.101. The highest BCUT2D eigenvalue weighted by Gasteiger charge is 2.25. The van der Waals surface area contributed by atoms with Gasteiger partial charge >= 0.3 is 0 Å². The first-order chi connectivity index (χ1) is 13.8. The number of nitrogens with one attached hydrogen (secondary N) is 2. The number of fused-ring (bicyclic) bond motifs is 1. The molecule has 1 aromatic carbocycles. The van der Waals surface area contributed by atoms with Gasteiger partial charge in [-0.05, 0) is 30.7 Å². The van der Waals surface area contributed by atoms with E-state index in [0.717, 1.165) is 10.9 Å². The SMILES string of the molecule is Cc1cc(S(=O)(=O)N(C)Cc2cnc(-c3ccn(C)c(=O)c3)[nH]2)c2[nH]ncc2c1. The summed E-state index contributed by atoms with van der Waals surface area (Å²) in [5.74, 6) is 0.509. The maximum atomic E-state index is 13.2. The summed E-state index contributed by atoms with van der Waals surface area (Å²) in [7, 11) is -0.582. The van der Waals surface area contributed by atoms with Gasteiger partial charge in [-0.15, -0.1) is 0 Å². The quantitative estimate of drug-likeness (QED) is 0.518. The lowest BCUT2D eigenvalue weighted by atomic mass is 10.2. The van der Waals surface area contributed by atoms with Crippen LogP contribution in [0, 0.1) is 6.92 Å². The first-order valence-corrected chi connectivity index (χ1v) is 10.3. The molecule has 0 saturated heterocycles. The molecule has 0 amide bonds. The van der Waals surface area contributed by atoms with Gasteiger partial charge in [0.25, 0.3) is 5.56 Å². The summed E-state index contributed by atoms with van der Waals surface area (Å²) in [6.07, 6.45) is 4.83. The Bertz CT molecular complexity index is 1370. The molecule has 0 bridgehead atoms. The molecule has 3 heterocycles. The van der Waals surface area contributed by atoms with Crippen molar-refractivity contribution in [2.75, 3.05) is 7.05 Å². The lowest BCUT2D eigenvalue weighted by Crippen LogP contribution is -2.27. The third kappa shape index (κ3) is 3.47. The molecule has 0 aliphatic heterocycles. The molecule has 3 aromatic heterocycles. The first-order valence-electron chi connectivity index (χ1n) is 8.87. The van der Waals surface area contributed by atoms with Crippen molar-refractivity contribution in [3.8, 4) is 11.4 Å². The lowest BCUT2D eigenvalue weighted by molar-refractivity contribution is 0.463. The van der Waals surface area contributed by atoms with Gasteiger partial charge in [0, 0.05) is 43.5 Å². The molecule has 0 fully saturated rings. The van der Waals surface area contributed by atoms with Crippen molar-refractivity contribution in [2.45, 2.75) is 18.4 Å². The maximum Gasteiger partial charge on any atom is 0.250 e. The number of benzene rings is 1. The molecule has 0 saturated carbocycles. The number of pyridine rings is 1. The maximum absolute atomic E-state index is 13.2. The Balaban J connectivity index is 1.63. The van der Waals surface area contributed by atoms with Crippen LogP contribution in [0.25, 0.3) is 22.3 Å². The van der Waals surface area contributed by atoms with Gasteiger partial charge in [-0.25, -0.2) is 13.4 Å². The molecule has 4 rings (SSSR count). The third-order valence-electron chi connectivity index (χ3n) is 4.74. The van der Waals surface area contributed by atoms with E-state index >= 15 is 0 Å². The average molecular weight is 412 g/mol. The van der Waals surface area contributed by atoms with Crippen LogP contribution in [0.4, 0.5) is 0 Å². The Labute approximate surface area is 167 Å². The van der Waals surface area contributed by atoms with Crippen molar-refractivity contribution in [3.63, 3.8) is 0 Å².